The second kappa shape index (κ2) is 5.61. The molecule has 0 aromatic rings. The van der Waals surface area contributed by atoms with E-state index in [9.17, 15) is 0 Å². The molecule has 3 nitrogen and oxygen atoms in total. The van der Waals surface area contributed by atoms with Gasteiger partial charge in [0.05, 0.1) is 11.2 Å². The maximum Gasteiger partial charge on any atom is 0.525 e. The van der Waals surface area contributed by atoms with E-state index >= 15 is 4.39 Å². The Morgan fingerprint density at radius 3 is 2.27 bits per heavy atom. The van der Waals surface area contributed by atoms with Crippen LogP contribution >= 0.6 is 0 Å². The monoisotopic (exact) mass is 309 g/mol. The van der Waals surface area contributed by atoms with Crippen molar-refractivity contribution in [1.29, 1.82) is 0 Å². The number of halogens is 1. The lowest BCUT2D eigenvalue weighted by Gasteiger charge is -2.43. The Hall–Kier alpha value is -0.385. The van der Waals surface area contributed by atoms with Crippen molar-refractivity contribution < 1.29 is 13.7 Å². The molecule has 1 N–H and O–H groups in total. The lowest BCUT2D eigenvalue weighted by molar-refractivity contribution is 0.00578. The van der Waals surface area contributed by atoms with Crippen LogP contribution in [0.1, 0.15) is 66.2 Å². The van der Waals surface area contributed by atoms with Crippen LogP contribution in [-0.4, -0.2) is 31.4 Å². The molecule has 2 heterocycles. The van der Waals surface area contributed by atoms with Gasteiger partial charge in [0, 0.05) is 12.0 Å². The van der Waals surface area contributed by atoms with Crippen LogP contribution in [0, 0.1) is 5.41 Å². The molecule has 1 atom stereocenters. The van der Waals surface area contributed by atoms with Crippen LogP contribution in [0.15, 0.2) is 11.3 Å². The van der Waals surface area contributed by atoms with Gasteiger partial charge in [0.2, 0.25) is 0 Å². The van der Waals surface area contributed by atoms with Crippen LogP contribution in [0.2, 0.25) is 0 Å². The largest absolute Gasteiger partial charge is 0.525 e. The molecule has 0 aromatic heterocycles. The van der Waals surface area contributed by atoms with Gasteiger partial charge in [-0.15, -0.1) is 0 Å². The Bertz CT molecular complexity index is 445. The molecule has 2 saturated heterocycles. The summed E-state index contributed by atoms with van der Waals surface area (Å²) in [4.78, 5) is 0. The number of nitrogens with one attached hydrogen (secondary N) is 1. The van der Waals surface area contributed by atoms with Crippen molar-refractivity contribution in [3.63, 3.8) is 0 Å². The average Bonchev–Trinajstić information content (AvgIpc) is 2.68. The highest BCUT2D eigenvalue weighted by atomic mass is 19.1. The van der Waals surface area contributed by atoms with Crippen molar-refractivity contribution in [1.82, 2.24) is 5.32 Å². The minimum absolute atomic E-state index is 0.00974. The summed E-state index contributed by atoms with van der Waals surface area (Å²) in [6.45, 7) is 9.85. The fourth-order valence-electron chi connectivity index (χ4n) is 4.08. The minimum Gasteiger partial charge on any atom is -0.398 e. The van der Waals surface area contributed by atoms with Gasteiger partial charge in [0.25, 0.3) is 0 Å². The maximum absolute atomic E-state index is 15.3. The predicted octanol–water partition coefficient (Wildman–Crippen LogP) is 3.79. The first kappa shape index (κ1) is 16.5. The van der Waals surface area contributed by atoms with Crippen LogP contribution in [0.4, 0.5) is 4.39 Å². The molecular weight excluding hydrogens is 280 g/mol. The van der Waals surface area contributed by atoms with E-state index in [1.54, 1.807) is 0 Å². The highest BCUT2D eigenvalue weighted by molar-refractivity contribution is 6.53. The van der Waals surface area contributed by atoms with Gasteiger partial charge in [-0.25, -0.2) is 4.39 Å². The third kappa shape index (κ3) is 2.65. The second-order valence-corrected chi connectivity index (χ2v) is 8.18. The van der Waals surface area contributed by atoms with Crippen LogP contribution in [0.3, 0.4) is 0 Å². The molecule has 2 aliphatic heterocycles. The summed E-state index contributed by atoms with van der Waals surface area (Å²) in [5.41, 5.74) is -0.166. The molecule has 5 heteroatoms. The van der Waals surface area contributed by atoms with E-state index in [0.717, 1.165) is 50.8 Å². The Kier molecular flexibility index (Phi) is 4.20. The van der Waals surface area contributed by atoms with Gasteiger partial charge in [-0.1, -0.05) is 6.42 Å². The summed E-state index contributed by atoms with van der Waals surface area (Å²) in [5, 5.41) is 3.47. The van der Waals surface area contributed by atoms with E-state index in [1.807, 2.05) is 27.7 Å². The van der Waals surface area contributed by atoms with Crippen molar-refractivity contribution >= 4 is 7.12 Å². The van der Waals surface area contributed by atoms with Crippen molar-refractivity contribution in [2.45, 2.75) is 77.4 Å². The number of rotatable bonds is 1. The topological polar surface area (TPSA) is 30.5 Å². The zero-order valence-electron chi connectivity index (χ0n) is 14.4. The van der Waals surface area contributed by atoms with Crippen LogP contribution in [0.5, 0.6) is 0 Å². The molecule has 1 unspecified atom stereocenters. The van der Waals surface area contributed by atoms with Gasteiger partial charge in [-0.05, 0) is 71.9 Å². The zero-order valence-corrected chi connectivity index (χ0v) is 14.4. The molecule has 0 aromatic carbocycles. The molecule has 0 amide bonds. The van der Waals surface area contributed by atoms with Gasteiger partial charge in [-0.3, -0.25) is 0 Å². The summed E-state index contributed by atoms with van der Waals surface area (Å²) in [6, 6.07) is 0. The third-order valence-electron chi connectivity index (χ3n) is 6.19. The molecule has 1 spiro atoms. The van der Waals surface area contributed by atoms with Gasteiger partial charge in [-0.2, -0.15) is 0 Å². The first-order valence-electron chi connectivity index (χ1n) is 8.73. The first-order chi connectivity index (χ1) is 10.3. The highest BCUT2D eigenvalue weighted by Gasteiger charge is 2.54. The molecular formula is C17H29BFNO2. The summed E-state index contributed by atoms with van der Waals surface area (Å²) < 4.78 is 27.2. The van der Waals surface area contributed by atoms with Crippen LogP contribution < -0.4 is 5.32 Å². The fraction of sp³-hybridized carbons (Fsp3) is 0.882. The van der Waals surface area contributed by atoms with E-state index in [1.165, 1.54) is 6.42 Å². The standard InChI is InChI=1S/C17H29BFNO2/c1-15(2)16(3,4)22-18(21-15)14(19)13-8-5-6-9-17(13)10-7-11-20-12-17/h20H,5-12H2,1-4H3. The van der Waals surface area contributed by atoms with Crippen molar-refractivity contribution in [3.8, 4) is 0 Å². The predicted molar refractivity (Wildman–Crippen MR) is 87.2 cm³/mol. The van der Waals surface area contributed by atoms with Crippen LogP contribution in [-0.2, 0) is 9.31 Å². The smallest absolute Gasteiger partial charge is 0.398 e. The summed E-state index contributed by atoms with van der Waals surface area (Å²) in [5.74, 6) is 0. The Balaban J connectivity index is 1.90. The van der Waals surface area contributed by atoms with Gasteiger partial charge in [0.1, 0.15) is 5.73 Å². The third-order valence-corrected chi connectivity index (χ3v) is 6.19. The van der Waals surface area contributed by atoms with E-state index in [4.69, 9.17) is 9.31 Å². The van der Waals surface area contributed by atoms with Gasteiger partial charge < -0.3 is 14.6 Å². The normalized spacial score (nSPS) is 36.7. The molecule has 1 saturated carbocycles. The number of hydrogen-bond donors (Lipinski definition) is 1. The minimum atomic E-state index is -0.836. The van der Waals surface area contributed by atoms with Gasteiger partial charge in [0.15, 0.2) is 0 Å². The van der Waals surface area contributed by atoms with Crippen LogP contribution in [0.25, 0.3) is 0 Å². The highest BCUT2D eigenvalue weighted by Crippen LogP contribution is 2.49. The van der Waals surface area contributed by atoms with Crippen molar-refractivity contribution in [3.05, 3.63) is 11.3 Å². The van der Waals surface area contributed by atoms with Gasteiger partial charge >= 0.3 is 7.12 Å². The molecule has 1 aliphatic carbocycles. The molecule has 3 aliphatic rings. The lowest BCUT2D eigenvalue weighted by Crippen LogP contribution is -2.44. The van der Waals surface area contributed by atoms with E-state index in [2.05, 4.69) is 5.32 Å². The second-order valence-electron chi connectivity index (χ2n) is 8.18. The number of piperidine rings is 1. The molecule has 3 fully saturated rings. The number of hydrogen-bond acceptors (Lipinski definition) is 3. The first-order valence-corrected chi connectivity index (χ1v) is 8.73. The quantitative estimate of drug-likeness (QED) is 0.748. The Morgan fingerprint density at radius 1 is 1.05 bits per heavy atom. The fourth-order valence-corrected chi connectivity index (χ4v) is 4.08. The zero-order chi connectivity index (χ0) is 16.0. The van der Waals surface area contributed by atoms with Crippen molar-refractivity contribution in [2.75, 3.05) is 13.1 Å². The lowest BCUT2D eigenvalue weighted by atomic mass is 9.63. The molecule has 0 bridgehead atoms. The summed E-state index contributed by atoms with van der Waals surface area (Å²) in [7, 11) is -0.836. The van der Waals surface area contributed by atoms with Crippen molar-refractivity contribution in [2.24, 2.45) is 5.41 Å². The summed E-state index contributed by atoms with van der Waals surface area (Å²) >= 11 is 0. The molecule has 0 radical (unpaired) electrons. The maximum atomic E-state index is 15.3. The van der Waals surface area contributed by atoms with E-state index < -0.39 is 18.3 Å². The molecule has 22 heavy (non-hydrogen) atoms. The van der Waals surface area contributed by atoms with E-state index in [-0.39, 0.29) is 11.1 Å². The SMILES string of the molecule is CC1(C)OB(C(F)=C2CCCCC23CCCNC3)OC1(C)C. The Labute approximate surface area is 134 Å². The Morgan fingerprint density at radius 2 is 1.68 bits per heavy atom. The molecule has 3 rings (SSSR count). The molecule has 124 valence electrons. The average molecular weight is 309 g/mol. The summed E-state index contributed by atoms with van der Waals surface area (Å²) in [6.07, 6.45) is 6.41. The van der Waals surface area contributed by atoms with E-state index in [0.29, 0.717) is 0 Å².